The van der Waals surface area contributed by atoms with Crippen molar-refractivity contribution < 1.29 is 14.3 Å². The highest BCUT2D eigenvalue weighted by molar-refractivity contribution is 6.28. The summed E-state index contributed by atoms with van der Waals surface area (Å²) >= 11 is 5.67. The summed E-state index contributed by atoms with van der Waals surface area (Å²) in [5.41, 5.74) is -0.510. The van der Waals surface area contributed by atoms with Gasteiger partial charge in [-0.15, -0.1) is 0 Å². The molecule has 0 aliphatic carbocycles. The molecule has 88 valence electrons. The average molecular weight is 257 g/mol. The van der Waals surface area contributed by atoms with Gasteiger partial charge in [0.1, 0.15) is 12.4 Å². The van der Waals surface area contributed by atoms with Gasteiger partial charge in [-0.1, -0.05) is 0 Å². The molecule has 0 radical (unpaired) electrons. The molecule has 17 heavy (non-hydrogen) atoms. The van der Waals surface area contributed by atoms with Crippen LogP contribution in [0.2, 0.25) is 5.28 Å². The molecular formula is C10H6ClFN2O3. The largest absolute Gasteiger partial charge is 0.480 e. The molecule has 0 unspecified atom stereocenters. The SMILES string of the molecule is O=C(O)Cn1c(Cl)nc2cc(F)ccc2c1=O. The van der Waals surface area contributed by atoms with Crippen LogP contribution in [0.3, 0.4) is 0 Å². The quantitative estimate of drug-likeness (QED) is 0.822. The molecule has 0 aliphatic heterocycles. The molecule has 1 heterocycles. The molecule has 7 heteroatoms. The van der Waals surface area contributed by atoms with Gasteiger partial charge in [0.15, 0.2) is 0 Å². The van der Waals surface area contributed by atoms with Crippen LogP contribution in [0.1, 0.15) is 0 Å². The first kappa shape index (κ1) is 11.5. The van der Waals surface area contributed by atoms with Gasteiger partial charge >= 0.3 is 5.97 Å². The minimum Gasteiger partial charge on any atom is -0.480 e. The topological polar surface area (TPSA) is 72.2 Å². The molecule has 1 aromatic carbocycles. The normalized spacial score (nSPS) is 10.7. The molecule has 5 nitrogen and oxygen atoms in total. The summed E-state index contributed by atoms with van der Waals surface area (Å²) in [6.45, 7) is -0.585. The van der Waals surface area contributed by atoms with Crippen LogP contribution in [-0.2, 0) is 11.3 Å². The first-order valence-corrected chi connectivity index (χ1v) is 4.94. The van der Waals surface area contributed by atoms with Crippen molar-refractivity contribution in [3.63, 3.8) is 0 Å². The Bertz CT molecular complexity index is 668. The van der Waals surface area contributed by atoms with Crippen molar-refractivity contribution in [1.82, 2.24) is 9.55 Å². The fourth-order valence-corrected chi connectivity index (χ4v) is 1.67. The van der Waals surface area contributed by atoms with E-state index in [9.17, 15) is 14.0 Å². The molecule has 0 saturated heterocycles. The van der Waals surface area contributed by atoms with E-state index < -0.39 is 23.9 Å². The van der Waals surface area contributed by atoms with Gasteiger partial charge in [0.2, 0.25) is 5.28 Å². The first-order chi connectivity index (χ1) is 7.99. The fourth-order valence-electron chi connectivity index (χ4n) is 1.44. The third-order valence-electron chi connectivity index (χ3n) is 2.16. The molecule has 1 N–H and O–H groups in total. The Balaban J connectivity index is 2.76. The number of carboxylic acid groups (broad SMARTS) is 1. The van der Waals surface area contributed by atoms with Crippen LogP contribution in [0.15, 0.2) is 23.0 Å². The molecule has 1 aromatic heterocycles. The molecule has 0 saturated carbocycles. The maximum atomic E-state index is 12.9. The lowest BCUT2D eigenvalue weighted by Crippen LogP contribution is -2.25. The molecule has 0 amide bonds. The zero-order valence-corrected chi connectivity index (χ0v) is 9.11. The van der Waals surface area contributed by atoms with Crippen LogP contribution in [0, 0.1) is 5.82 Å². The lowest BCUT2D eigenvalue weighted by Gasteiger charge is -2.06. The number of hydrogen-bond donors (Lipinski definition) is 1. The minimum absolute atomic E-state index is 0.0987. The maximum absolute atomic E-state index is 12.9. The van der Waals surface area contributed by atoms with E-state index in [1.165, 1.54) is 6.07 Å². The number of carbonyl (C=O) groups is 1. The van der Waals surface area contributed by atoms with E-state index >= 15 is 0 Å². The number of benzene rings is 1. The Morgan fingerprint density at radius 3 is 2.88 bits per heavy atom. The molecule has 2 aromatic rings. The minimum atomic E-state index is -1.21. The summed E-state index contributed by atoms with van der Waals surface area (Å²) in [7, 11) is 0. The molecule has 2 rings (SSSR count). The van der Waals surface area contributed by atoms with E-state index in [-0.39, 0.29) is 16.2 Å². The van der Waals surface area contributed by atoms with Crippen LogP contribution in [0.5, 0.6) is 0 Å². The summed E-state index contributed by atoms with van der Waals surface area (Å²) in [5.74, 6) is -1.76. The number of nitrogens with zero attached hydrogens (tertiary/aromatic N) is 2. The predicted molar refractivity (Wildman–Crippen MR) is 58.6 cm³/mol. The average Bonchev–Trinajstić information content (AvgIpc) is 2.23. The predicted octanol–water partition coefficient (Wildman–Crippen LogP) is 1.27. The van der Waals surface area contributed by atoms with Crippen LogP contribution in [0.4, 0.5) is 4.39 Å². The van der Waals surface area contributed by atoms with E-state index in [2.05, 4.69) is 4.98 Å². The Morgan fingerprint density at radius 1 is 1.53 bits per heavy atom. The number of fused-ring (bicyclic) bond motifs is 1. The molecule has 0 atom stereocenters. The number of aromatic nitrogens is 2. The van der Waals surface area contributed by atoms with E-state index in [4.69, 9.17) is 16.7 Å². The highest BCUT2D eigenvalue weighted by Gasteiger charge is 2.12. The summed E-state index contributed by atoms with van der Waals surface area (Å²) in [6, 6.07) is 3.41. The number of hydrogen-bond acceptors (Lipinski definition) is 3. The van der Waals surface area contributed by atoms with Gasteiger partial charge in [0.05, 0.1) is 10.9 Å². The van der Waals surface area contributed by atoms with Gasteiger partial charge in [-0.25, -0.2) is 9.37 Å². The van der Waals surface area contributed by atoms with Gasteiger partial charge < -0.3 is 5.11 Å². The number of rotatable bonds is 2. The van der Waals surface area contributed by atoms with Crippen molar-refractivity contribution >= 4 is 28.5 Å². The van der Waals surface area contributed by atoms with Gasteiger partial charge in [-0.3, -0.25) is 14.2 Å². The standard InChI is InChI=1S/C10H6ClFN2O3/c11-10-13-7-3-5(12)1-2-6(7)9(17)14(10)4-8(15)16/h1-3H,4H2,(H,15,16). The van der Waals surface area contributed by atoms with Gasteiger partial charge in [-0.2, -0.15) is 0 Å². The van der Waals surface area contributed by atoms with Gasteiger partial charge in [0, 0.05) is 6.07 Å². The Kier molecular flexibility index (Phi) is 2.81. The van der Waals surface area contributed by atoms with Gasteiger partial charge in [-0.05, 0) is 23.7 Å². The third kappa shape index (κ3) is 2.12. The number of carboxylic acids is 1. The van der Waals surface area contributed by atoms with Gasteiger partial charge in [0.25, 0.3) is 5.56 Å². The molecular weight excluding hydrogens is 251 g/mol. The Morgan fingerprint density at radius 2 is 2.24 bits per heavy atom. The monoisotopic (exact) mass is 256 g/mol. The lowest BCUT2D eigenvalue weighted by molar-refractivity contribution is -0.137. The van der Waals surface area contributed by atoms with E-state index in [1.807, 2.05) is 0 Å². The van der Waals surface area contributed by atoms with Crippen LogP contribution < -0.4 is 5.56 Å². The van der Waals surface area contributed by atoms with Crippen molar-refractivity contribution in [2.24, 2.45) is 0 Å². The zero-order chi connectivity index (χ0) is 12.6. The van der Waals surface area contributed by atoms with Crippen molar-refractivity contribution in [1.29, 1.82) is 0 Å². The van der Waals surface area contributed by atoms with Crippen molar-refractivity contribution in [2.45, 2.75) is 6.54 Å². The Labute approximate surface area is 99.1 Å². The third-order valence-corrected chi connectivity index (χ3v) is 2.45. The summed E-state index contributed by atoms with van der Waals surface area (Å²) in [4.78, 5) is 26.2. The van der Waals surface area contributed by atoms with E-state index in [0.29, 0.717) is 0 Å². The molecule has 0 spiro atoms. The van der Waals surface area contributed by atoms with Crippen LogP contribution >= 0.6 is 11.6 Å². The lowest BCUT2D eigenvalue weighted by atomic mass is 10.2. The molecule has 0 aliphatic rings. The second-order valence-corrected chi connectivity index (χ2v) is 3.67. The second kappa shape index (κ2) is 4.14. The number of halogens is 2. The van der Waals surface area contributed by atoms with Crippen LogP contribution in [0.25, 0.3) is 10.9 Å². The molecule has 0 bridgehead atoms. The summed E-state index contributed by atoms with van der Waals surface area (Å²) in [6.07, 6.45) is 0. The second-order valence-electron chi connectivity index (χ2n) is 3.33. The van der Waals surface area contributed by atoms with Crippen molar-refractivity contribution in [3.05, 3.63) is 39.7 Å². The first-order valence-electron chi connectivity index (χ1n) is 4.56. The summed E-state index contributed by atoms with van der Waals surface area (Å²) < 4.78 is 13.7. The fraction of sp³-hybridized carbons (Fsp3) is 0.100. The maximum Gasteiger partial charge on any atom is 0.323 e. The van der Waals surface area contributed by atoms with Crippen molar-refractivity contribution in [3.8, 4) is 0 Å². The highest BCUT2D eigenvalue weighted by Crippen LogP contribution is 2.13. The summed E-state index contributed by atoms with van der Waals surface area (Å²) in [5, 5.41) is 8.47. The molecule has 0 fully saturated rings. The van der Waals surface area contributed by atoms with Crippen molar-refractivity contribution in [2.75, 3.05) is 0 Å². The van der Waals surface area contributed by atoms with E-state index in [0.717, 1.165) is 16.7 Å². The number of aliphatic carboxylic acids is 1. The van der Waals surface area contributed by atoms with E-state index in [1.54, 1.807) is 0 Å². The highest BCUT2D eigenvalue weighted by atomic mass is 35.5. The Hall–Kier alpha value is -1.95. The zero-order valence-electron chi connectivity index (χ0n) is 8.35. The smallest absolute Gasteiger partial charge is 0.323 e. The van der Waals surface area contributed by atoms with Crippen LogP contribution in [-0.4, -0.2) is 20.6 Å².